The maximum Gasteiger partial charge on any atom is 0.338 e. The second kappa shape index (κ2) is 10.3. The maximum absolute atomic E-state index is 13.0. The topological polar surface area (TPSA) is 85.9 Å². The third kappa shape index (κ3) is 5.13. The third-order valence-electron chi connectivity index (χ3n) is 4.29. The Morgan fingerprint density at radius 1 is 1.10 bits per heavy atom. The zero-order valence-electron chi connectivity index (χ0n) is 18.0. The van der Waals surface area contributed by atoms with E-state index in [1.807, 2.05) is 20.8 Å². The number of carbonyl (C=O) groups is 2. The van der Waals surface area contributed by atoms with Crippen molar-refractivity contribution in [2.24, 2.45) is 5.92 Å². The molecule has 1 unspecified atom stereocenters. The molecular formula is C21H28Cl2N2O5. The SMILES string of the molecule is CCOc1c(Cl)cc(C2NC(=O)NC(C(C)C)=C2C(=O)OC(C)C)c(OCC)c1Cl. The molecule has 7 nitrogen and oxygen atoms in total. The number of esters is 1. The Morgan fingerprint density at radius 2 is 1.70 bits per heavy atom. The molecule has 0 aromatic heterocycles. The first-order valence-electron chi connectivity index (χ1n) is 9.92. The molecule has 0 radical (unpaired) electrons. The summed E-state index contributed by atoms with van der Waals surface area (Å²) in [6, 6.07) is 0.281. The highest BCUT2D eigenvalue weighted by molar-refractivity contribution is 6.38. The molecule has 0 fully saturated rings. The summed E-state index contributed by atoms with van der Waals surface area (Å²) in [6.07, 6.45) is -0.337. The summed E-state index contributed by atoms with van der Waals surface area (Å²) in [4.78, 5) is 25.4. The molecule has 1 atom stereocenters. The second-order valence-electron chi connectivity index (χ2n) is 7.25. The summed E-state index contributed by atoms with van der Waals surface area (Å²) >= 11 is 13.0. The van der Waals surface area contributed by atoms with Crippen molar-refractivity contribution in [2.45, 2.75) is 53.7 Å². The molecule has 0 aliphatic carbocycles. The van der Waals surface area contributed by atoms with Gasteiger partial charge in [0.2, 0.25) is 0 Å². The zero-order valence-corrected chi connectivity index (χ0v) is 19.5. The first-order valence-corrected chi connectivity index (χ1v) is 10.7. The number of ether oxygens (including phenoxy) is 3. The van der Waals surface area contributed by atoms with E-state index < -0.39 is 18.0 Å². The van der Waals surface area contributed by atoms with Gasteiger partial charge in [0.15, 0.2) is 5.75 Å². The van der Waals surface area contributed by atoms with Crippen LogP contribution in [0.2, 0.25) is 10.0 Å². The monoisotopic (exact) mass is 458 g/mol. The van der Waals surface area contributed by atoms with Gasteiger partial charge < -0.3 is 24.8 Å². The molecule has 0 spiro atoms. The number of rotatable bonds is 8. The predicted octanol–water partition coefficient (Wildman–Crippen LogP) is 5.01. The maximum atomic E-state index is 13.0. The standard InChI is InChI=1S/C21H28Cl2N2O5/c1-7-28-18-12(9-13(22)19(15(18)23)29-8-2)17-14(20(26)30-11(5)6)16(10(3)4)24-21(27)25-17/h9-11,17H,7-8H2,1-6H3,(H2,24,25,27). The van der Waals surface area contributed by atoms with Gasteiger partial charge in [-0.2, -0.15) is 0 Å². The van der Waals surface area contributed by atoms with Crippen molar-refractivity contribution in [1.29, 1.82) is 0 Å². The molecule has 1 aromatic rings. The van der Waals surface area contributed by atoms with Crippen molar-refractivity contribution >= 4 is 35.2 Å². The number of carbonyl (C=O) groups excluding carboxylic acids is 2. The molecule has 0 bridgehead atoms. The number of nitrogens with one attached hydrogen (secondary N) is 2. The Morgan fingerprint density at radius 3 is 2.23 bits per heavy atom. The van der Waals surface area contributed by atoms with E-state index in [-0.39, 0.29) is 39.1 Å². The van der Waals surface area contributed by atoms with Crippen molar-refractivity contribution < 1.29 is 23.8 Å². The molecular weight excluding hydrogens is 431 g/mol. The number of urea groups is 1. The molecule has 2 N–H and O–H groups in total. The van der Waals surface area contributed by atoms with Crippen molar-refractivity contribution in [2.75, 3.05) is 13.2 Å². The van der Waals surface area contributed by atoms with Gasteiger partial charge in [-0.05, 0) is 39.7 Å². The van der Waals surface area contributed by atoms with Crippen LogP contribution in [0.15, 0.2) is 17.3 Å². The highest BCUT2D eigenvalue weighted by Crippen LogP contribution is 2.47. The Kier molecular flexibility index (Phi) is 8.26. The van der Waals surface area contributed by atoms with Crippen LogP contribution < -0.4 is 20.1 Å². The van der Waals surface area contributed by atoms with Crippen LogP contribution in [-0.2, 0) is 9.53 Å². The Labute approximate surface area is 187 Å². The quantitative estimate of drug-likeness (QED) is 0.534. The van der Waals surface area contributed by atoms with E-state index in [2.05, 4.69) is 10.6 Å². The zero-order chi connectivity index (χ0) is 22.6. The first-order chi connectivity index (χ1) is 14.1. The molecule has 0 saturated carbocycles. The smallest absolute Gasteiger partial charge is 0.338 e. The van der Waals surface area contributed by atoms with Crippen LogP contribution >= 0.6 is 23.2 Å². The Hall–Kier alpha value is -2.12. The Bertz CT molecular complexity index is 852. The summed E-state index contributed by atoms with van der Waals surface area (Å²) in [5.74, 6) is -0.114. The van der Waals surface area contributed by atoms with Gasteiger partial charge in [-0.3, -0.25) is 0 Å². The van der Waals surface area contributed by atoms with Crippen LogP contribution in [0.25, 0.3) is 0 Å². The average Bonchev–Trinajstić information content (AvgIpc) is 2.65. The second-order valence-corrected chi connectivity index (χ2v) is 8.04. The van der Waals surface area contributed by atoms with Crippen molar-refractivity contribution in [3.8, 4) is 11.5 Å². The Balaban J connectivity index is 2.75. The van der Waals surface area contributed by atoms with Crippen molar-refractivity contribution in [3.05, 3.63) is 32.9 Å². The van der Waals surface area contributed by atoms with E-state index in [0.717, 1.165) is 0 Å². The molecule has 1 aliphatic rings. The van der Waals surface area contributed by atoms with E-state index in [1.54, 1.807) is 26.8 Å². The number of amides is 2. The van der Waals surface area contributed by atoms with Gasteiger partial charge in [0.05, 0.1) is 36.0 Å². The molecule has 1 aliphatic heterocycles. The summed E-state index contributed by atoms with van der Waals surface area (Å²) in [6.45, 7) is 11.6. The lowest BCUT2D eigenvalue weighted by molar-refractivity contribution is -0.143. The minimum Gasteiger partial charge on any atom is -0.492 e. The molecule has 0 saturated heterocycles. The van der Waals surface area contributed by atoms with Crippen LogP contribution in [0.3, 0.4) is 0 Å². The van der Waals surface area contributed by atoms with E-state index in [4.69, 9.17) is 37.4 Å². The summed E-state index contributed by atoms with van der Waals surface area (Å²) in [7, 11) is 0. The normalized spacial score (nSPS) is 16.5. The lowest BCUT2D eigenvalue weighted by Gasteiger charge is -2.32. The number of halogens is 2. The molecule has 2 rings (SSSR count). The van der Waals surface area contributed by atoms with Gasteiger partial charge in [0, 0.05) is 11.3 Å². The highest BCUT2D eigenvalue weighted by Gasteiger charge is 2.38. The van der Waals surface area contributed by atoms with E-state index in [0.29, 0.717) is 24.5 Å². The lowest BCUT2D eigenvalue weighted by Crippen LogP contribution is -2.47. The molecule has 2 amide bonds. The fourth-order valence-electron chi connectivity index (χ4n) is 3.16. The summed E-state index contributed by atoms with van der Waals surface area (Å²) < 4.78 is 16.8. The van der Waals surface area contributed by atoms with Crippen LogP contribution in [-0.4, -0.2) is 31.3 Å². The van der Waals surface area contributed by atoms with Crippen molar-refractivity contribution in [3.63, 3.8) is 0 Å². The van der Waals surface area contributed by atoms with Crippen LogP contribution in [0.5, 0.6) is 11.5 Å². The molecule has 166 valence electrons. The number of benzene rings is 1. The van der Waals surface area contributed by atoms with E-state index in [1.165, 1.54) is 0 Å². The van der Waals surface area contributed by atoms with Gasteiger partial charge in [-0.15, -0.1) is 0 Å². The molecule has 30 heavy (non-hydrogen) atoms. The predicted molar refractivity (Wildman–Crippen MR) is 116 cm³/mol. The first kappa shape index (κ1) is 24.2. The van der Waals surface area contributed by atoms with E-state index in [9.17, 15) is 9.59 Å². The highest BCUT2D eigenvalue weighted by atomic mass is 35.5. The lowest BCUT2D eigenvalue weighted by atomic mass is 9.90. The molecule has 1 heterocycles. The fraction of sp³-hybridized carbons (Fsp3) is 0.524. The number of allylic oxidation sites excluding steroid dienone is 1. The van der Waals surface area contributed by atoms with Gasteiger partial charge >= 0.3 is 12.0 Å². The van der Waals surface area contributed by atoms with Gasteiger partial charge in [0.25, 0.3) is 0 Å². The van der Waals surface area contributed by atoms with Gasteiger partial charge in [-0.25, -0.2) is 9.59 Å². The molecule has 9 heteroatoms. The van der Waals surface area contributed by atoms with Crippen LogP contribution in [0, 0.1) is 5.92 Å². The average molecular weight is 459 g/mol. The minimum atomic E-state index is -0.866. The fourth-order valence-corrected chi connectivity index (χ4v) is 3.80. The largest absolute Gasteiger partial charge is 0.492 e. The number of hydrogen-bond donors (Lipinski definition) is 2. The summed E-state index contributed by atoms with van der Waals surface area (Å²) in [5, 5.41) is 5.93. The van der Waals surface area contributed by atoms with Crippen LogP contribution in [0.4, 0.5) is 4.79 Å². The van der Waals surface area contributed by atoms with Crippen molar-refractivity contribution in [1.82, 2.24) is 10.6 Å². The third-order valence-corrected chi connectivity index (χ3v) is 4.91. The molecule has 1 aromatic carbocycles. The van der Waals surface area contributed by atoms with Gasteiger partial charge in [-0.1, -0.05) is 37.0 Å². The number of hydrogen-bond acceptors (Lipinski definition) is 5. The minimum absolute atomic E-state index is 0.141. The summed E-state index contributed by atoms with van der Waals surface area (Å²) in [5.41, 5.74) is 1.19. The van der Waals surface area contributed by atoms with Crippen LogP contribution in [0.1, 0.15) is 53.1 Å². The van der Waals surface area contributed by atoms with E-state index >= 15 is 0 Å². The van der Waals surface area contributed by atoms with Gasteiger partial charge in [0.1, 0.15) is 10.8 Å².